The van der Waals surface area contributed by atoms with Crippen LogP contribution in [0, 0.1) is 0 Å². The molecule has 0 unspecified atom stereocenters. The molecule has 0 aromatic carbocycles. The first kappa shape index (κ1) is 25.9. The third-order valence-corrected chi connectivity index (χ3v) is 7.92. The monoisotopic (exact) mass is 558 g/mol. The average Bonchev–Trinajstić information content (AvgIpc) is 3.31. The highest BCUT2D eigenvalue weighted by Gasteiger charge is 2.42. The summed E-state index contributed by atoms with van der Waals surface area (Å²) in [4.78, 5) is 61.5. The average molecular weight is 559 g/mol. The predicted molar refractivity (Wildman–Crippen MR) is 146 cm³/mol. The van der Waals surface area contributed by atoms with Crippen LogP contribution in [0.2, 0.25) is 0 Å². The van der Waals surface area contributed by atoms with Crippen LogP contribution in [-0.4, -0.2) is 65.1 Å². The molecule has 4 rings (SSSR count). The van der Waals surface area contributed by atoms with Gasteiger partial charge in [-0.05, 0) is 24.3 Å². The van der Waals surface area contributed by atoms with Gasteiger partial charge < -0.3 is 10.6 Å². The molecule has 10 nitrogen and oxygen atoms in total. The zero-order valence-corrected chi connectivity index (χ0v) is 21.8. The number of amides is 4. The van der Waals surface area contributed by atoms with Crippen molar-refractivity contribution in [2.75, 3.05) is 23.7 Å². The molecule has 2 aromatic heterocycles. The van der Waals surface area contributed by atoms with Crippen LogP contribution in [0.5, 0.6) is 0 Å². The molecule has 184 valence electrons. The summed E-state index contributed by atoms with van der Waals surface area (Å²) in [6.07, 6.45) is 3.12. The summed E-state index contributed by atoms with van der Waals surface area (Å²) in [7, 11) is 0. The van der Waals surface area contributed by atoms with E-state index in [-0.39, 0.29) is 56.2 Å². The third kappa shape index (κ3) is 6.13. The van der Waals surface area contributed by atoms with Gasteiger partial charge in [-0.15, -0.1) is 0 Å². The van der Waals surface area contributed by atoms with E-state index in [1.165, 1.54) is 9.80 Å². The lowest BCUT2D eigenvalue weighted by atomic mass is 10.3. The summed E-state index contributed by atoms with van der Waals surface area (Å²) in [6, 6.07) is 10.3. The number of anilines is 2. The minimum absolute atomic E-state index is 0.00262. The van der Waals surface area contributed by atoms with Gasteiger partial charge in [-0.3, -0.25) is 29.0 Å². The fraction of sp³-hybridized carbons (Fsp3) is 0.182. The Bertz CT molecular complexity index is 1170. The Morgan fingerprint density at radius 3 is 1.53 bits per heavy atom. The van der Waals surface area contributed by atoms with Crippen LogP contribution in [0.15, 0.2) is 58.6 Å². The molecule has 0 radical (unpaired) electrons. The molecule has 0 bridgehead atoms. The van der Waals surface area contributed by atoms with Crippen molar-refractivity contribution in [3.8, 4) is 0 Å². The van der Waals surface area contributed by atoms with Gasteiger partial charge in [0.1, 0.15) is 20.3 Å². The number of thioether (sulfide) groups is 2. The number of pyridine rings is 2. The van der Waals surface area contributed by atoms with Gasteiger partial charge in [0.2, 0.25) is 11.8 Å². The highest BCUT2D eigenvalue weighted by molar-refractivity contribution is 8.29. The summed E-state index contributed by atoms with van der Waals surface area (Å²) in [6.45, 7) is 0.113. The van der Waals surface area contributed by atoms with Crippen molar-refractivity contribution in [3.05, 3.63) is 58.6 Å². The van der Waals surface area contributed by atoms with Crippen molar-refractivity contribution in [1.29, 1.82) is 0 Å². The van der Waals surface area contributed by atoms with Gasteiger partial charge in [0.05, 0.1) is 9.81 Å². The van der Waals surface area contributed by atoms with E-state index in [2.05, 4.69) is 20.6 Å². The summed E-state index contributed by atoms with van der Waals surface area (Å²) >= 11 is 12.6. The van der Waals surface area contributed by atoms with Crippen LogP contribution in [-0.2, 0) is 19.2 Å². The quantitative estimate of drug-likeness (QED) is 0.369. The lowest BCUT2D eigenvalue weighted by molar-refractivity contribution is -0.125. The first-order valence-electron chi connectivity index (χ1n) is 10.6. The summed E-state index contributed by atoms with van der Waals surface area (Å²) < 4.78 is 0.501. The van der Waals surface area contributed by atoms with Crippen LogP contribution in [0.1, 0.15) is 12.8 Å². The number of aromatic nitrogens is 2. The lowest BCUT2D eigenvalue weighted by Crippen LogP contribution is -2.33. The SMILES string of the molecule is O=C(CCN1C(=O)C(=C2SC(=S)N(CCC(=O)Nc3ccccn3)C2=O)SC1=S)Nc1ccccn1. The van der Waals surface area contributed by atoms with Crippen LogP contribution in [0.25, 0.3) is 0 Å². The van der Waals surface area contributed by atoms with E-state index < -0.39 is 11.8 Å². The summed E-state index contributed by atoms with van der Waals surface area (Å²) in [5.41, 5.74) is 0. The second-order valence-corrected chi connectivity index (χ2v) is 10.6. The first-order chi connectivity index (χ1) is 17.3. The molecule has 0 aliphatic carbocycles. The molecule has 36 heavy (non-hydrogen) atoms. The maximum atomic E-state index is 13.0. The molecule has 2 aliphatic heterocycles. The van der Waals surface area contributed by atoms with E-state index in [4.69, 9.17) is 24.4 Å². The van der Waals surface area contributed by atoms with Gasteiger partial charge in [-0.2, -0.15) is 0 Å². The van der Waals surface area contributed by atoms with Crippen molar-refractivity contribution < 1.29 is 19.2 Å². The number of nitrogens with one attached hydrogen (secondary N) is 2. The molecule has 2 aliphatic rings. The second kappa shape index (κ2) is 11.7. The molecular formula is C22H18N6O4S4. The molecule has 2 fully saturated rings. The van der Waals surface area contributed by atoms with Crippen LogP contribution in [0.3, 0.4) is 0 Å². The van der Waals surface area contributed by atoms with Gasteiger partial charge in [0.15, 0.2) is 0 Å². The van der Waals surface area contributed by atoms with E-state index in [1.54, 1.807) is 48.8 Å². The van der Waals surface area contributed by atoms with Crippen LogP contribution < -0.4 is 10.6 Å². The van der Waals surface area contributed by atoms with E-state index >= 15 is 0 Å². The van der Waals surface area contributed by atoms with Crippen molar-refractivity contribution in [3.63, 3.8) is 0 Å². The maximum Gasteiger partial charge on any atom is 0.267 e. The molecule has 4 amide bonds. The molecular weight excluding hydrogens is 541 g/mol. The molecule has 2 saturated heterocycles. The first-order valence-corrected chi connectivity index (χ1v) is 13.0. The summed E-state index contributed by atoms with van der Waals surface area (Å²) in [5, 5.41) is 5.30. The zero-order valence-electron chi connectivity index (χ0n) is 18.5. The highest BCUT2D eigenvalue weighted by atomic mass is 32.2. The smallest absolute Gasteiger partial charge is 0.267 e. The predicted octanol–water partition coefficient (Wildman–Crippen LogP) is 2.77. The second-order valence-electron chi connectivity index (χ2n) is 7.33. The number of thiocarbonyl (C=S) groups is 2. The minimum atomic E-state index is -0.455. The molecule has 14 heteroatoms. The van der Waals surface area contributed by atoms with Gasteiger partial charge >= 0.3 is 0 Å². The maximum absolute atomic E-state index is 13.0. The largest absolute Gasteiger partial charge is 0.311 e. The molecule has 4 heterocycles. The zero-order chi connectivity index (χ0) is 25.7. The van der Waals surface area contributed by atoms with Crippen LogP contribution in [0.4, 0.5) is 11.6 Å². The summed E-state index contributed by atoms with van der Waals surface area (Å²) in [5.74, 6) is -0.736. The molecule has 2 aromatic rings. The normalized spacial score (nSPS) is 17.7. The number of carbonyl (C=O) groups excluding carboxylic acids is 4. The molecule has 2 N–H and O–H groups in total. The van der Waals surface area contributed by atoms with Crippen molar-refractivity contribution >= 4 is 91.9 Å². The Morgan fingerprint density at radius 2 is 1.17 bits per heavy atom. The lowest BCUT2D eigenvalue weighted by Gasteiger charge is -2.14. The van der Waals surface area contributed by atoms with Crippen molar-refractivity contribution in [2.45, 2.75) is 12.8 Å². The van der Waals surface area contributed by atoms with Gasteiger partial charge in [0, 0.05) is 38.3 Å². The van der Waals surface area contributed by atoms with Crippen molar-refractivity contribution in [2.24, 2.45) is 0 Å². The topological polar surface area (TPSA) is 125 Å². The Labute approximate surface area is 225 Å². The van der Waals surface area contributed by atoms with E-state index in [1.807, 2.05) is 0 Å². The highest BCUT2D eigenvalue weighted by Crippen LogP contribution is 2.42. The molecule has 0 atom stereocenters. The van der Waals surface area contributed by atoms with Crippen LogP contribution >= 0.6 is 48.0 Å². The third-order valence-electron chi connectivity index (χ3n) is 4.89. The van der Waals surface area contributed by atoms with Gasteiger partial charge in [-0.25, -0.2) is 9.97 Å². The Balaban J connectivity index is 1.35. The van der Waals surface area contributed by atoms with Crippen molar-refractivity contribution in [1.82, 2.24) is 19.8 Å². The molecule has 0 spiro atoms. The van der Waals surface area contributed by atoms with Gasteiger partial charge in [-0.1, -0.05) is 60.1 Å². The fourth-order valence-corrected chi connectivity index (χ4v) is 5.94. The standard InChI is InChI=1S/C22H18N6O4S4/c29-15(25-13-5-1-3-9-23-13)7-11-27-19(31)17(35-21(27)33)18-20(32)28(22(34)36-18)12-8-16(30)26-14-6-2-4-10-24-14/h1-6,9-10H,7-8,11-12H2,(H,23,25,29)(H,24,26,30). The number of rotatable bonds is 8. The number of carbonyl (C=O) groups is 4. The fourth-order valence-electron chi connectivity index (χ4n) is 3.17. The minimum Gasteiger partial charge on any atom is -0.311 e. The Morgan fingerprint density at radius 1 is 0.750 bits per heavy atom. The number of nitrogens with zero attached hydrogens (tertiary/aromatic N) is 4. The van der Waals surface area contributed by atoms with E-state index in [0.717, 1.165) is 23.5 Å². The molecule has 0 saturated carbocycles. The Hall–Kier alpha value is -3.20. The number of hydrogen-bond acceptors (Lipinski definition) is 10. The van der Waals surface area contributed by atoms with E-state index in [0.29, 0.717) is 11.6 Å². The Kier molecular flexibility index (Phi) is 8.40. The number of hydrogen-bond donors (Lipinski definition) is 2. The van der Waals surface area contributed by atoms with E-state index in [9.17, 15) is 19.2 Å². The van der Waals surface area contributed by atoms with Gasteiger partial charge in [0.25, 0.3) is 11.8 Å².